The molecule has 0 heterocycles. The van der Waals surface area contributed by atoms with Crippen LogP contribution in [-0.2, 0) is 4.79 Å². The number of hydrogen-bond donors (Lipinski definition) is 1. The van der Waals surface area contributed by atoms with Crippen molar-refractivity contribution in [3.8, 4) is 5.75 Å². The van der Waals surface area contributed by atoms with Crippen LogP contribution in [0.2, 0.25) is 10.0 Å². The van der Waals surface area contributed by atoms with E-state index >= 15 is 0 Å². The number of halogens is 3. The fourth-order valence-electron chi connectivity index (χ4n) is 1.83. The van der Waals surface area contributed by atoms with Gasteiger partial charge in [0.2, 0.25) is 5.91 Å². The van der Waals surface area contributed by atoms with Crippen LogP contribution in [0.3, 0.4) is 0 Å². The molecule has 0 aliphatic rings. The topological polar surface area (TPSA) is 50.7 Å². The summed E-state index contributed by atoms with van der Waals surface area (Å²) in [5.41, 5.74) is 2.94. The van der Waals surface area contributed by atoms with Gasteiger partial charge in [-0.05, 0) is 42.3 Å². The summed E-state index contributed by atoms with van der Waals surface area (Å²) in [6.45, 7) is 0.336. The van der Waals surface area contributed by atoms with E-state index in [1.54, 1.807) is 30.3 Å². The summed E-state index contributed by atoms with van der Waals surface area (Å²) in [6, 6.07) is 10.8. The number of ether oxygens (including phenoxy) is 1. The fraction of sp³-hybridized carbons (Fsp3) is 0.176. The Labute approximate surface area is 149 Å². The molecule has 0 saturated carbocycles. The number of hydrogen-bond acceptors (Lipinski definition) is 3. The normalized spacial score (nSPS) is 10.8. The van der Waals surface area contributed by atoms with Gasteiger partial charge in [-0.15, -0.1) is 0 Å². The molecule has 7 heteroatoms. The minimum atomic E-state index is -0.358. The summed E-state index contributed by atoms with van der Waals surface area (Å²) in [6.07, 6.45) is 2.12. The Balaban J connectivity index is 1.68. The van der Waals surface area contributed by atoms with E-state index in [0.29, 0.717) is 34.4 Å². The van der Waals surface area contributed by atoms with Gasteiger partial charge in [-0.2, -0.15) is 5.10 Å². The van der Waals surface area contributed by atoms with Gasteiger partial charge in [0.15, 0.2) is 0 Å². The quantitative estimate of drug-likeness (QED) is 0.446. The zero-order valence-electron chi connectivity index (χ0n) is 12.6. The lowest BCUT2D eigenvalue weighted by molar-refractivity contribution is -0.121. The number of nitrogens with zero attached hydrogens (tertiary/aromatic N) is 1. The van der Waals surface area contributed by atoms with E-state index in [1.165, 1.54) is 18.3 Å². The van der Waals surface area contributed by atoms with Gasteiger partial charge in [0, 0.05) is 11.4 Å². The highest BCUT2D eigenvalue weighted by Gasteiger charge is 2.04. The standard InChI is InChI=1S/C17H15Cl2FN2O2/c18-13-6-7-16(15(19)10-13)24-8-2-5-17(23)22-21-11-12-3-1-4-14(20)9-12/h1,3-4,6-7,9-11H,2,5,8H2,(H,22,23). The van der Waals surface area contributed by atoms with Crippen molar-refractivity contribution in [3.05, 3.63) is 63.9 Å². The van der Waals surface area contributed by atoms with Crippen LogP contribution in [0, 0.1) is 5.82 Å². The highest BCUT2D eigenvalue weighted by molar-refractivity contribution is 6.35. The van der Waals surface area contributed by atoms with Crippen molar-refractivity contribution in [1.82, 2.24) is 5.43 Å². The smallest absolute Gasteiger partial charge is 0.240 e. The largest absolute Gasteiger partial charge is 0.492 e. The molecule has 0 radical (unpaired) electrons. The molecule has 1 amide bonds. The Bertz CT molecular complexity index is 738. The average Bonchev–Trinajstić information content (AvgIpc) is 2.53. The third-order valence-electron chi connectivity index (χ3n) is 2.95. The van der Waals surface area contributed by atoms with Crippen molar-refractivity contribution in [2.75, 3.05) is 6.61 Å². The van der Waals surface area contributed by atoms with Crippen LogP contribution in [0.4, 0.5) is 4.39 Å². The van der Waals surface area contributed by atoms with Crippen LogP contribution in [0.25, 0.3) is 0 Å². The zero-order chi connectivity index (χ0) is 17.4. The lowest BCUT2D eigenvalue weighted by atomic mass is 10.2. The molecule has 2 rings (SSSR count). The number of hydrazone groups is 1. The molecule has 2 aromatic carbocycles. The summed E-state index contributed by atoms with van der Waals surface area (Å²) >= 11 is 11.8. The van der Waals surface area contributed by atoms with E-state index in [9.17, 15) is 9.18 Å². The van der Waals surface area contributed by atoms with E-state index in [-0.39, 0.29) is 18.1 Å². The van der Waals surface area contributed by atoms with Gasteiger partial charge >= 0.3 is 0 Å². The Hall–Kier alpha value is -2.11. The van der Waals surface area contributed by atoms with Crippen LogP contribution in [0.5, 0.6) is 5.75 Å². The van der Waals surface area contributed by atoms with Crippen LogP contribution in [0.1, 0.15) is 18.4 Å². The van der Waals surface area contributed by atoms with Crippen molar-refractivity contribution < 1.29 is 13.9 Å². The number of nitrogens with one attached hydrogen (secondary N) is 1. The number of rotatable bonds is 7. The predicted octanol–water partition coefficient (Wildman–Crippen LogP) is 4.44. The number of amides is 1. The molecule has 0 unspecified atom stereocenters. The Morgan fingerprint density at radius 1 is 1.25 bits per heavy atom. The number of carbonyl (C=O) groups excluding carboxylic acids is 1. The Kier molecular flexibility index (Phi) is 7.03. The highest BCUT2D eigenvalue weighted by atomic mass is 35.5. The molecule has 0 spiro atoms. The monoisotopic (exact) mass is 368 g/mol. The van der Waals surface area contributed by atoms with Gasteiger partial charge in [-0.1, -0.05) is 35.3 Å². The van der Waals surface area contributed by atoms with Gasteiger partial charge in [-0.3, -0.25) is 4.79 Å². The van der Waals surface area contributed by atoms with Gasteiger partial charge in [-0.25, -0.2) is 9.82 Å². The first kappa shape index (κ1) is 18.2. The molecule has 0 aliphatic heterocycles. The second-order valence-corrected chi connectivity index (χ2v) is 5.72. The minimum absolute atomic E-state index is 0.242. The second kappa shape index (κ2) is 9.25. The van der Waals surface area contributed by atoms with Crippen LogP contribution < -0.4 is 10.2 Å². The predicted molar refractivity (Wildman–Crippen MR) is 93.3 cm³/mol. The van der Waals surface area contributed by atoms with Crippen molar-refractivity contribution in [1.29, 1.82) is 0 Å². The summed E-state index contributed by atoms with van der Waals surface area (Å²) in [5, 5.41) is 4.73. The van der Waals surface area contributed by atoms with E-state index in [1.807, 2.05) is 0 Å². The van der Waals surface area contributed by atoms with Crippen molar-refractivity contribution in [3.63, 3.8) is 0 Å². The maximum atomic E-state index is 13.0. The van der Waals surface area contributed by atoms with E-state index in [2.05, 4.69) is 10.5 Å². The van der Waals surface area contributed by atoms with Gasteiger partial charge in [0.05, 0.1) is 17.8 Å². The van der Waals surface area contributed by atoms with Crippen LogP contribution in [0.15, 0.2) is 47.6 Å². The third kappa shape index (κ3) is 6.18. The first-order valence-corrected chi connectivity index (χ1v) is 7.95. The van der Waals surface area contributed by atoms with E-state index in [4.69, 9.17) is 27.9 Å². The molecule has 4 nitrogen and oxygen atoms in total. The SMILES string of the molecule is O=C(CCCOc1ccc(Cl)cc1Cl)NN=Cc1cccc(F)c1. The van der Waals surface area contributed by atoms with Gasteiger partial charge in [0.25, 0.3) is 0 Å². The molecular formula is C17H15Cl2FN2O2. The highest BCUT2D eigenvalue weighted by Crippen LogP contribution is 2.27. The first-order chi connectivity index (χ1) is 11.5. The first-order valence-electron chi connectivity index (χ1n) is 7.20. The summed E-state index contributed by atoms with van der Waals surface area (Å²) in [5.74, 6) is -0.0951. The molecule has 0 atom stereocenters. The maximum Gasteiger partial charge on any atom is 0.240 e. The van der Waals surface area contributed by atoms with Crippen LogP contribution >= 0.6 is 23.2 Å². The second-order valence-electron chi connectivity index (χ2n) is 4.87. The molecule has 0 saturated heterocycles. The van der Waals surface area contributed by atoms with Crippen LogP contribution in [-0.4, -0.2) is 18.7 Å². The summed E-state index contributed by atoms with van der Waals surface area (Å²) in [7, 11) is 0. The molecule has 24 heavy (non-hydrogen) atoms. The number of benzene rings is 2. The van der Waals surface area contributed by atoms with E-state index < -0.39 is 0 Å². The third-order valence-corrected chi connectivity index (χ3v) is 3.48. The molecule has 0 fully saturated rings. The van der Waals surface area contributed by atoms with Gasteiger partial charge in [0.1, 0.15) is 11.6 Å². The number of carbonyl (C=O) groups is 1. The lowest BCUT2D eigenvalue weighted by Gasteiger charge is -2.07. The zero-order valence-corrected chi connectivity index (χ0v) is 14.1. The Morgan fingerprint density at radius 3 is 2.83 bits per heavy atom. The summed E-state index contributed by atoms with van der Waals surface area (Å²) < 4.78 is 18.4. The average molecular weight is 369 g/mol. The molecule has 126 valence electrons. The van der Waals surface area contributed by atoms with Crippen molar-refractivity contribution >= 4 is 35.3 Å². The van der Waals surface area contributed by atoms with Gasteiger partial charge < -0.3 is 4.74 Å². The Morgan fingerprint density at radius 2 is 2.08 bits per heavy atom. The molecule has 0 aromatic heterocycles. The fourth-order valence-corrected chi connectivity index (χ4v) is 2.29. The molecule has 0 aliphatic carbocycles. The minimum Gasteiger partial charge on any atom is -0.492 e. The van der Waals surface area contributed by atoms with Crippen molar-refractivity contribution in [2.45, 2.75) is 12.8 Å². The van der Waals surface area contributed by atoms with E-state index in [0.717, 1.165) is 0 Å². The summed E-state index contributed by atoms with van der Waals surface area (Å²) in [4.78, 5) is 11.6. The molecule has 0 bridgehead atoms. The molecular weight excluding hydrogens is 354 g/mol. The maximum absolute atomic E-state index is 13.0. The van der Waals surface area contributed by atoms with Crippen molar-refractivity contribution in [2.24, 2.45) is 5.10 Å². The molecule has 1 N–H and O–H groups in total. The molecule has 2 aromatic rings. The lowest BCUT2D eigenvalue weighted by Crippen LogP contribution is -2.18.